The van der Waals surface area contributed by atoms with Crippen LogP contribution in [0.1, 0.15) is 45.1 Å². The average Bonchev–Trinajstić information content (AvgIpc) is 2.67. The van der Waals surface area contributed by atoms with E-state index in [1.807, 2.05) is 0 Å². The highest BCUT2D eigenvalue weighted by atomic mass is 19.1. The molecule has 0 aliphatic carbocycles. The van der Waals surface area contributed by atoms with Crippen molar-refractivity contribution >= 4 is 5.91 Å². The van der Waals surface area contributed by atoms with Gasteiger partial charge in [-0.1, -0.05) is 13.8 Å². The van der Waals surface area contributed by atoms with Crippen LogP contribution in [0.4, 0.5) is 4.39 Å². The van der Waals surface area contributed by atoms with Crippen LogP contribution >= 0.6 is 0 Å². The van der Waals surface area contributed by atoms with Gasteiger partial charge in [-0.2, -0.15) is 0 Å². The maximum Gasteiger partial charge on any atom is 0.256 e. The first-order valence-corrected chi connectivity index (χ1v) is 10.4. The molecule has 1 aromatic carbocycles. The van der Waals surface area contributed by atoms with E-state index in [0.29, 0.717) is 36.7 Å². The number of hydrogen-bond acceptors (Lipinski definition) is 4. The first kappa shape index (κ1) is 21.1. The Kier molecular flexibility index (Phi) is 6.61. The predicted molar refractivity (Wildman–Crippen MR) is 107 cm³/mol. The van der Waals surface area contributed by atoms with E-state index in [1.54, 1.807) is 17.0 Å². The summed E-state index contributed by atoms with van der Waals surface area (Å²) in [7, 11) is 1.53. The Morgan fingerprint density at radius 3 is 2.64 bits per heavy atom. The van der Waals surface area contributed by atoms with Crippen LogP contribution in [0.5, 0.6) is 5.75 Å². The molecule has 156 valence electrons. The topological polar surface area (TPSA) is 53.0 Å². The number of β-amino-alcohol motifs (C(OH)–C–C–N with tert-alkyl or cyclic N) is 1. The minimum Gasteiger partial charge on any atom is -0.497 e. The summed E-state index contributed by atoms with van der Waals surface area (Å²) in [5.74, 6) is 1.31. The van der Waals surface area contributed by atoms with Gasteiger partial charge in [0.2, 0.25) is 0 Å². The fourth-order valence-corrected chi connectivity index (χ4v) is 4.52. The highest BCUT2D eigenvalue weighted by Crippen LogP contribution is 2.30. The highest BCUT2D eigenvalue weighted by molar-refractivity contribution is 5.86. The molecule has 1 N–H and O–H groups in total. The van der Waals surface area contributed by atoms with E-state index in [4.69, 9.17) is 4.74 Å². The number of piperidine rings is 2. The number of aliphatic hydroxyl groups is 1. The molecule has 0 saturated carbocycles. The largest absolute Gasteiger partial charge is 0.497 e. The maximum atomic E-state index is 14.2. The number of likely N-dealkylation sites (tertiary alicyclic amines) is 2. The molecule has 2 fully saturated rings. The van der Waals surface area contributed by atoms with Crippen LogP contribution in [-0.4, -0.2) is 59.7 Å². The number of carbonyl (C=O) groups is 1. The van der Waals surface area contributed by atoms with Gasteiger partial charge >= 0.3 is 0 Å². The zero-order chi connectivity index (χ0) is 20.3. The Bertz CT molecular complexity index is 688. The molecule has 2 heterocycles. The average molecular weight is 393 g/mol. The van der Waals surface area contributed by atoms with Crippen LogP contribution in [0, 0.1) is 17.7 Å². The van der Waals surface area contributed by atoms with Crippen molar-refractivity contribution in [3.63, 3.8) is 0 Å². The summed E-state index contributed by atoms with van der Waals surface area (Å²) in [4.78, 5) is 16.9. The molecule has 0 aromatic heterocycles. The molecule has 1 amide bonds. The molecule has 0 bridgehead atoms. The summed E-state index contributed by atoms with van der Waals surface area (Å²) in [6.45, 7) is 7.41. The molecule has 1 aromatic rings. The van der Waals surface area contributed by atoms with E-state index < -0.39 is 5.60 Å². The summed E-state index contributed by atoms with van der Waals surface area (Å²) < 4.78 is 19.4. The van der Waals surface area contributed by atoms with Crippen molar-refractivity contribution < 1.29 is 19.0 Å². The zero-order valence-corrected chi connectivity index (χ0v) is 17.3. The third-order valence-corrected chi connectivity index (χ3v) is 6.38. The van der Waals surface area contributed by atoms with Crippen molar-refractivity contribution in [3.05, 3.63) is 29.6 Å². The van der Waals surface area contributed by atoms with Crippen LogP contribution < -0.4 is 4.74 Å². The second-order valence-corrected chi connectivity index (χ2v) is 8.68. The van der Waals surface area contributed by atoms with Gasteiger partial charge in [0.25, 0.3) is 5.91 Å². The standard InChI is InChI=1S/C22H33FN2O3/c1-16(2)17-7-11-24(12-8-17)15-22(27)9-4-10-25(21(22)26)14-18-13-19(28-3)5-6-20(18)23/h5-6,13,16-17,27H,4,7-12,14-15H2,1-3H3. The fraction of sp³-hybridized carbons (Fsp3) is 0.682. The Morgan fingerprint density at radius 2 is 2.00 bits per heavy atom. The van der Waals surface area contributed by atoms with Crippen molar-refractivity contribution in [3.8, 4) is 5.75 Å². The lowest BCUT2D eigenvalue weighted by molar-refractivity contribution is -0.160. The van der Waals surface area contributed by atoms with Gasteiger partial charge in [-0.15, -0.1) is 0 Å². The lowest BCUT2D eigenvalue weighted by Gasteiger charge is -2.43. The van der Waals surface area contributed by atoms with Crippen molar-refractivity contribution in [1.82, 2.24) is 9.80 Å². The lowest BCUT2D eigenvalue weighted by Crippen LogP contribution is -2.59. The van der Waals surface area contributed by atoms with Crippen LogP contribution in [0.2, 0.25) is 0 Å². The van der Waals surface area contributed by atoms with E-state index in [2.05, 4.69) is 18.7 Å². The Balaban J connectivity index is 1.65. The number of halogens is 1. The second-order valence-electron chi connectivity index (χ2n) is 8.68. The number of carbonyl (C=O) groups excluding carboxylic acids is 1. The van der Waals surface area contributed by atoms with Crippen molar-refractivity contribution in [2.24, 2.45) is 11.8 Å². The molecule has 0 spiro atoms. The van der Waals surface area contributed by atoms with Crippen LogP contribution in [0.25, 0.3) is 0 Å². The number of hydrogen-bond donors (Lipinski definition) is 1. The van der Waals surface area contributed by atoms with Crippen LogP contribution in [0.15, 0.2) is 18.2 Å². The second kappa shape index (κ2) is 8.78. The third kappa shape index (κ3) is 4.66. The summed E-state index contributed by atoms with van der Waals surface area (Å²) in [5.41, 5.74) is -0.965. The molecule has 2 aliphatic heterocycles. The number of rotatable bonds is 6. The minimum absolute atomic E-state index is 0.152. The summed E-state index contributed by atoms with van der Waals surface area (Å²) in [5, 5.41) is 11.1. The molecule has 1 atom stereocenters. The fourth-order valence-electron chi connectivity index (χ4n) is 4.52. The molecular formula is C22H33FN2O3. The Labute approximate surface area is 167 Å². The van der Waals surface area contributed by atoms with Gasteiger partial charge in [0.15, 0.2) is 5.60 Å². The van der Waals surface area contributed by atoms with Gasteiger partial charge in [0.1, 0.15) is 11.6 Å². The smallest absolute Gasteiger partial charge is 0.256 e. The highest BCUT2D eigenvalue weighted by Gasteiger charge is 2.43. The van der Waals surface area contributed by atoms with Crippen molar-refractivity contribution in [1.29, 1.82) is 0 Å². The molecule has 0 radical (unpaired) electrons. The van der Waals surface area contributed by atoms with Crippen molar-refractivity contribution in [2.45, 2.75) is 51.7 Å². The van der Waals surface area contributed by atoms with Crippen molar-refractivity contribution in [2.75, 3.05) is 33.3 Å². The number of nitrogens with zero attached hydrogens (tertiary/aromatic N) is 2. The van der Waals surface area contributed by atoms with E-state index in [0.717, 1.165) is 38.3 Å². The predicted octanol–water partition coefficient (Wildman–Crippen LogP) is 3.06. The van der Waals surface area contributed by atoms with E-state index in [1.165, 1.54) is 13.2 Å². The number of benzene rings is 1. The van der Waals surface area contributed by atoms with Crippen LogP contribution in [-0.2, 0) is 11.3 Å². The quantitative estimate of drug-likeness (QED) is 0.809. The first-order chi connectivity index (χ1) is 13.3. The molecular weight excluding hydrogens is 359 g/mol. The Hall–Kier alpha value is -1.66. The van der Waals surface area contributed by atoms with Crippen LogP contribution in [0.3, 0.4) is 0 Å². The summed E-state index contributed by atoms with van der Waals surface area (Å²) >= 11 is 0. The lowest BCUT2D eigenvalue weighted by atomic mass is 9.85. The minimum atomic E-state index is -1.38. The van der Waals surface area contributed by atoms with E-state index in [9.17, 15) is 14.3 Å². The number of methoxy groups -OCH3 is 1. The molecule has 6 heteroatoms. The molecule has 28 heavy (non-hydrogen) atoms. The zero-order valence-electron chi connectivity index (χ0n) is 17.3. The van der Waals surface area contributed by atoms with Gasteiger partial charge < -0.3 is 14.7 Å². The number of amides is 1. The molecule has 3 rings (SSSR count). The summed E-state index contributed by atoms with van der Waals surface area (Å²) in [6, 6.07) is 4.54. The maximum absolute atomic E-state index is 14.2. The monoisotopic (exact) mass is 392 g/mol. The third-order valence-electron chi connectivity index (χ3n) is 6.38. The van der Waals surface area contributed by atoms with Gasteiger partial charge in [-0.25, -0.2) is 4.39 Å². The summed E-state index contributed by atoms with van der Waals surface area (Å²) in [6.07, 6.45) is 3.41. The van der Waals surface area contributed by atoms with E-state index in [-0.39, 0.29) is 18.3 Å². The first-order valence-electron chi connectivity index (χ1n) is 10.4. The number of ether oxygens (including phenoxy) is 1. The molecule has 5 nitrogen and oxygen atoms in total. The van der Waals surface area contributed by atoms with Gasteiger partial charge in [-0.3, -0.25) is 9.69 Å². The van der Waals surface area contributed by atoms with E-state index >= 15 is 0 Å². The van der Waals surface area contributed by atoms with Gasteiger partial charge in [0.05, 0.1) is 7.11 Å². The molecule has 2 aliphatic rings. The molecule has 2 saturated heterocycles. The van der Waals surface area contributed by atoms with Gasteiger partial charge in [0, 0.05) is 25.2 Å². The Morgan fingerprint density at radius 1 is 1.29 bits per heavy atom. The van der Waals surface area contributed by atoms with Gasteiger partial charge in [-0.05, 0) is 68.8 Å². The molecule has 1 unspecified atom stereocenters. The normalized spacial score (nSPS) is 24.8. The SMILES string of the molecule is COc1ccc(F)c(CN2CCCC(O)(CN3CCC(C(C)C)CC3)C2=O)c1.